The second kappa shape index (κ2) is 9.13. The van der Waals surface area contributed by atoms with Gasteiger partial charge < -0.3 is 4.74 Å². The Morgan fingerprint density at radius 3 is 2.63 bits per heavy atom. The third-order valence-electron chi connectivity index (χ3n) is 3.13. The van der Waals surface area contributed by atoms with E-state index in [1.54, 1.807) is 0 Å². The normalized spacial score (nSPS) is 12.4. The van der Waals surface area contributed by atoms with Crippen molar-refractivity contribution in [3.05, 3.63) is 17.0 Å². The molecular weight excluding hydrogens is 260 g/mol. The molecule has 0 N–H and O–H groups in total. The zero-order valence-corrected chi connectivity index (χ0v) is 13.0. The number of ether oxygens (including phenoxy) is 1. The van der Waals surface area contributed by atoms with Crippen LogP contribution in [0, 0.1) is 0 Å². The minimum absolute atomic E-state index is 0.179. The number of hydrogen-bond donors (Lipinski definition) is 0. The lowest BCUT2D eigenvalue weighted by molar-refractivity contribution is 0.195. The highest BCUT2D eigenvalue weighted by Gasteiger charge is 2.13. The number of unbranched alkanes of at least 4 members (excludes halogenated alkanes) is 3. The average Bonchev–Trinajstić information content (AvgIpc) is 2.39. The highest BCUT2D eigenvalue weighted by atomic mass is 35.5. The van der Waals surface area contributed by atoms with Gasteiger partial charge in [0.25, 0.3) is 0 Å². The average molecular weight is 285 g/mol. The van der Waals surface area contributed by atoms with Crippen LogP contribution in [0.2, 0.25) is 5.15 Å². The van der Waals surface area contributed by atoms with Crippen LogP contribution in [0.15, 0.2) is 6.33 Å². The zero-order chi connectivity index (χ0) is 14.1. The molecule has 0 aliphatic carbocycles. The molecule has 1 aromatic heterocycles. The van der Waals surface area contributed by atoms with E-state index in [0.717, 1.165) is 24.8 Å². The van der Waals surface area contributed by atoms with E-state index < -0.39 is 0 Å². The van der Waals surface area contributed by atoms with Gasteiger partial charge in [0.05, 0.1) is 11.7 Å². The Morgan fingerprint density at radius 1 is 1.16 bits per heavy atom. The first-order chi connectivity index (χ1) is 9.19. The third kappa shape index (κ3) is 5.77. The van der Waals surface area contributed by atoms with Crippen LogP contribution in [0.1, 0.15) is 64.9 Å². The first kappa shape index (κ1) is 16.2. The van der Waals surface area contributed by atoms with Gasteiger partial charge >= 0.3 is 0 Å². The van der Waals surface area contributed by atoms with Crippen molar-refractivity contribution in [2.45, 2.75) is 71.8 Å². The second-order valence-electron chi connectivity index (χ2n) is 4.98. The monoisotopic (exact) mass is 284 g/mol. The van der Waals surface area contributed by atoms with Gasteiger partial charge in [-0.1, -0.05) is 51.1 Å². The molecule has 0 spiro atoms. The first-order valence-electron chi connectivity index (χ1n) is 7.35. The van der Waals surface area contributed by atoms with Crippen LogP contribution in [0.25, 0.3) is 0 Å². The van der Waals surface area contributed by atoms with Gasteiger partial charge in [0, 0.05) is 0 Å². The van der Waals surface area contributed by atoms with E-state index in [-0.39, 0.29) is 6.10 Å². The number of rotatable bonds is 9. The fraction of sp³-hybridized carbons (Fsp3) is 0.733. The van der Waals surface area contributed by atoms with E-state index in [1.165, 1.54) is 32.0 Å². The van der Waals surface area contributed by atoms with Crippen LogP contribution in [0.4, 0.5) is 0 Å². The summed E-state index contributed by atoms with van der Waals surface area (Å²) >= 11 is 6.11. The molecule has 1 unspecified atom stereocenters. The Labute approximate surface area is 121 Å². The summed E-state index contributed by atoms with van der Waals surface area (Å²) in [4.78, 5) is 8.25. The summed E-state index contributed by atoms with van der Waals surface area (Å²) < 4.78 is 5.92. The number of hydrogen-bond acceptors (Lipinski definition) is 3. The summed E-state index contributed by atoms with van der Waals surface area (Å²) in [6.07, 6.45) is 9.62. The van der Waals surface area contributed by atoms with E-state index in [1.807, 2.05) is 0 Å². The van der Waals surface area contributed by atoms with E-state index in [4.69, 9.17) is 16.3 Å². The SMILES string of the molecule is CCCCCCC(C)Oc1ncnc(Cl)c1CCC. The number of nitrogens with zero attached hydrogens (tertiary/aromatic N) is 2. The van der Waals surface area contributed by atoms with Crippen LogP contribution in [0.3, 0.4) is 0 Å². The fourth-order valence-electron chi connectivity index (χ4n) is 2.05. The Hall–Kier alpha value is -0.830. The smallest absolute Gasteiger partial charge is 0.221 e. The van der Waals surface area contributed by atoms with Crippen molar-refractivity contribution >= 4 is 11.6 Å². The maximum absolute atomic E-state index is 6.11. The number of halogens is 1. The lowest BCUT2D eigenvalue weighted by Crippen LogP contribution is -2.14. The van der Waals surface area contributed by atoms with Crippen LogP contribution < -0.4 is 4.74 Å². The highest BCUT2D eigenvalue weighted by Crippen LogP contribution is 2.25. The molecule has 0 radical (unpaired) electrons. The molecule has 0 saturated heterocycles. The van der Waals surface area contributed by atoms with Crippen molar-refractivity contribution in [3.8, 4) is 5.88 Å². The maximum atomic E-state index is 6.11. The van der Waals surface area contributed by atoms with Gasteiger partial charge in [0.15, 0.2) is 0 Å². The Balaban J connectivity index is 2.53. The molecule has 0 aliphatic heterocycles. The van der Waals surface area contributed by atoms with Crippen molar-refractivity contribution < 1.29 is 4.74 Å². The molecular formula is C15H25ClN2O. The maximum Gasteiger partial charge on any atom is 0.221 e. The van der Waals surface area contributed by atoms with E-state index in [9.17, 15) is 0 Å². The summed E-state index contributed by atoms with van der Waals surface area (Å²) in [6.45, 7) is 6.43. The van der Waals surface area contributed by atoms with Gasteiger partial charge in [0.2, 0.25) is 5.88 Å². The fourth-order valence-corrected chi connectivity index (χ4v) is 2.26. The summed E-state index contributed by atoms with van der Waals surface area (Å²) in [5, 5.41) is 0.519. The summed E-state index contributed by atoms with van der Waals surface area (Å²) in [5.74, 6) is 0.657. The molecule has 0 amide bonds. The van der Waals surface area contributed by atoms with E-state index in [2.05, 4.69) is 30.7 Å². The standard InChI is InChI=1S/C15H25ClN2O/c1-4-6-7-8-10-12(3)19-15-13(9-5-2)14(16)17-11-18-15/h11-12H,4-10H2,1-3H3. The van der Waals surface area contributed by atoms with Gasteiger partial charge in [-0.3, -0.25) is 0 Å². The molecule has 1 rings (SSSR count). The van der Waals surface area contributed by atoms with Gasteiger partial charge in [0.1, 0.15) is 11.5 Å². The molecule has 19 heavy (non-hydrogen) atoms. The van der Waals surface area contributed by atoms with Crippen molar-refractivity contribution in [2.24, 2.45) is 0 Å². The molecule has 1 atom stereocenters. The van der Waals surface area contributed by atoms with Crippen LogP contribution in [0.5, 0.6) is 5.88 Å². The molecule has 1 aromatic rings. The quantitative estimate of drug-likeness (QED) is 0.482. The minimum atomic E-state index is 0.179. The second-order valence-corrected chi connectivity index (χ2v) is 5.33. The molecule has 0 aromatic carbocycles. The third-order valence-corrected chi connectivity index (χ3v) is 3.46. The predicted octanol–water partition coefficient (Wildman–Crippen LogP) is 4.82. The molecule has 4 heteroatoms. The Bertz CT molecular complexity index is 371. The van der Waals surface area contributed by atoms with Crippen molar-refractivity contribution in [1.29, 1.82) is 0 Å². The van der Waals surface area contributed by atoms with Gasteiger partial charge in [-0.05, 0) is 26.2 Å². The summed E-state index contributed by atoms with van der Waals surface area (Å²) in [7, 11) is 0. The molecule has 108 valence electrons. The first-order valence-corrected chi connectivity index (χ1v) is 7.72. The van der Waals surface area contributed by atoms with Gasteiger partial charge in [-0.25, -0.2) is 9.97 Å². The summed E-state index contributed by atoms with van der Waals surface area (Å²) in [6, 6.07) is 0. The summed E-state index contributed by atoms with van der Waals surface area (Å²) in [5.41, 5.74) is 0.937. The lowest BCUT2D eigenvalue weighted by Gasteiger charge is -2.16. The predicted molar refractivity (Wildman–Crippen MR) is 79.9 cm³/mol. The van der Waals surface area contributed by atoms with Gasteiger partial charge in [-0.15, -0.1) is 0 Å². The topological polar surface area (TPSA) is 35.0 Å². The Kier molecular flexibility index (Phi) is 7.80. The molecule has 1 heterocycles. The molecule has 0 bridgehead atoms. The van der Waals surface area contributed by atoms with Crippen molar-refractivity contribution in [3.63, 3.8) is 0 Å². The van der Waals surface area contributed by atoms with Crippen LogP contribution >= 0.6 is 11.6 Å². The molecule has 3 nitrogen and oxygen atoms in total. The van der Waals surface area contributed by atoms with Crippen LogP contribution in [-0.2, 0) is 6.42 Å². The van der Waals surface area contributed by atoms with Gasteiger partial charge in [-0.2, -0.15) is 0 Å². The number of aromatic nitrogens is 2. The largest absolute Gasteiger partial charge is 0.474 e. The van der Waals surface area contributed by atoms with Crippen molar-refractivity contribution in [1.82, 2.24) is 9.97 Å². The minimum Gasteiger partial charge on any atom is -0.474 e. The van der Waals surface area contributed by atoms with E-state index >= 15 is 0 Å². The van der Waals surface area contributed by atoms with Crippen molar-refractivity contribution in [2.75, 3.05) is 0 Å². The lowest BCUT2D eigenvalue weighted by atomic mass is 10.1. The Morgan fingerprint density at radius 2 is 1.95 bits per heavy atom. The molecule has 0 fully saturated rings. The molecule has 0 saturated carbocycles. The van der Waals surface area contributed by atoms with Crippen LogP contribution in [-0.4, -0.2) is 16.1 Å². The highest BCUT2D eigenvalue weighted by molar-refractivity contribution is 6.30. The van der Waals surface area contributed by atoms with E-state index in [0.29, 0.717) is 11.0 Å². The molecule has 0 aliphatic rings. The zero-order valence-electron chi connectivity index (χ0n) is 12.3.